The molecular formula is C22H21ClN2O2S. The predicted octanol–water partition coefficient (Wildman–Crippen LogP) is 6.04. The summed E-state index contributed by atoms with van der Waals surface area (Å²) in [5.41, 5.74) is 2.34. The van der Waals surface area contributed by atoms with Crippen molar-refractivity contribution in [3.8, 4) is 11.3 Å². The first-order chi connectivity index (χ1) is 13.4. The number of anilines is 1. The van der Waals surface area contributed by atoms with Gasteiger partial charge in [0, 0.05) is 17.5 Å². The maximum absolute atomic E-state index is 13.0. The number of rotatable bonds is 6. The van der Waals surface area contributed by atoms with Gasteiger partial charge < -0.3 is 5.32 Å². The molecule has 0 aliphatic heterocycles. The molecule has 4 nitrogen and oxygen atoms in total. The van der Waals surface area contributed by atoms with Crippen molar-refractivity contribution in [1.82, 2.24) is 4.98 Å². The van der Waals surface area contributed by atoms with Gasteiger partial charge in [0.2, 0.25) is 5.91 Å². The van der Waals surface area contributed by atoms with Gasteiger partial charge >= 0.3 is 0 Å². The van der Waals surface area contributed by atoms with Crippen LogP contribution in [-0.2, 0) is 4.79 Å². The maximum Gasteiger partial charge on any atom is 0.233 e. The minimum absolute atomic E-state index is 0.0741. The summed E-state index contributed by atoms with van der Waals surface area (Å²) in [5, 5.41) is 3.96. The first-order valence-electron chi connectivity index (χ1n) is 9.00. The molecule has 0 aliphatic rings. The molecule has 28 heavy (non-hydrogen) atoms. The first kappa shape index (κ1) is 20.2. The molecule has 144 valence electrons. The average Bonchev–Trinajstić information content (AvgIpc) is 3.08. The van der Waals surface area contributed by atoms with Crippen molar-refractivity contribution >= 4 is 39.8 Å². The van der Waals surface area contributed by atoms with Gasteiger partial charge in [-0.2, -0.15) is 0 Å². The van der Waals surface area contributed by atoms with Gasteiger partial charge in [-0.25, -0.2) is 4.98 Å². The molecule has 1 amide bonds. The van der Waals surface area contributed by atoms with Gasteiger partial charge in [-0.1, -0.05) is 79.2 Å². The molecule has 2 aromatic carbocycles. The number of ketones is 1. The molecule has 0 unspecified atom stereocenters. The zero-order valence-corrected chi connectivity index (χ0v) is 17.5. The van der Waals surface area contributed by atoms with Crippen LogP contribution in [0, 0.1) is 5.92 Å². The molecule has 0 radical (unpaired) electrons. The maximum atomic E-state index is 13.0. The number of nitrogens with zero attached hydrogens (tertiary/aromatic N) is 1. The van der Waals surface area contributed by atoms with Crippen LogP contribution in [0.15, 0.2) is 54.6 Å². The summed E-state index contributed by atoms with van der Waals surface area (Å²) < 4.78 is 0. The van der Waals surface area contributed by atoms with E-state index in [0.717, 1.165) is 11.1 Å². The lowest BCUT2D eigenvalue weighted by Gasteiger charge is -2.20. The highest BCUT2D eigenvalue weighted by Gasteiger charge is 2.26. The predicted molar refractivity (Wildman–Crippen MR) is 115 cm³/mol. The summed E-state index contributed by atoms with van der Waals surface area (Å²) in [5.74, 6) is -0.486. The van der Waals surface area contributed by atoms with Gasteiger partial charge in [0.05, 0.1) is 16.5 Å². The summed E-state index contributed by atoms with van der Waals surface area (Å²) in [7, 11) is 0. The summed E-state index contributed by atoms with van der Waals surface area (Å²) in [6.45, 7) is 5.50. The number of hydrogen-bond donors (Lipinski definition) is 1. The molecular weight excluding hydrogens is 392 g/mol. The van der Waals surface area contributed by atoms with E-state index in [1.165, 1.54) is 18.3 Å². The van der Waals surface area contributed by atoms with Crippen LogP contribution >= 0.6 is 22.9 Å². The zero-order valence-electron chi connectivity index (χ0n) is 15.9. The topological polar surface area (TPSA) is 59.1 Å². The molecule has 1 N–H and O–H groups in total. The van der Waals surface area contributed by atoms with Crippen molar-refractivity contribution in [2.24, 2.45) is 5.92 Å². The third-order valence-electron chi connectivity index (χ3n) is 4.40. The van der Waals surface area contributed by atoms with Crippen molar-refractivity contribution in [2.75, 3.05) is 5.32 Å². The quantitative estimate of drug-likeness (QED) is 0.501. The zero-order chi connectivity index (χ0) is 20.3. The van der Waals surface area contributed by atoms with Gasteiger partial charge in [0.15, 0.2) is 10.9 Å². The van der Waals surface area contributed by atoms with Crippen molar-refractivity contribution in [2.45, 2.75) is 26.7 Å². The molecule has 0 aliphatic carbocycles. The van der Waals surface area contributed by atoms with E-state index in [2.05, 4.69) is 10.3 Å². The lowest BCUT2D eigenvalue weighted by molar-refractivity contribution is -0.118. The van der Waals surface area contributed by atoms with Gasteiger partial charge in [-0.05, 0) is 23.6 Å². The number of Topliss-reactive ketones (excluding diaryl/α,β-unsaturated/α-hetero) is 1. The second-order valence-electron chi connectivity index (χ2n) is 6.88. The van der Waals surface area contributed by atoms with E-state index in [1.54, 1.807) is 12.1 Å². The Labute approximate surface area is 173 Å². The highest BCUT2D eigenvalue weighted by atomic mass is 35.5. The SMILES string of the molecule is CC(=O)c1sc(NC(=O)[C@H](c2ccc(Cl)cc2)C(C)C)nc1-c1ccccc1. The number of carbonyl (C=O) groups is 2. The second-order valence-corrected chi connectivity index (χ2v) is 8.32. The summed E-state index contributed by atoms with van der Waals surface area (Å²) in [6.07, 6.45) is 0. The van der Waals surface area contributed by atoms with Crippen molar-refractivity contribution in [1.29, 1.82) is 0 Å². The van der Waals surface area contributed by atoms with Crippen LogP contribution in [0.3, 0.4) is 0 Å². The molecule has 1 atom stereocenters. The molecule has 3 rings (SSSR count). The van der Waals surface area contributed by atoms with Gasteiger partial charge in [-0.15, -0.1) is 0 Å². The number of halogens is 1. The Kier molecular flexibility index (Phi) is 6.27. The average molecular weight is 413 g/mol. The minimum Gasteiger partial charge on any atom is -0.301 e. The number of aromatic nitrogens is 1. The fourth-order valence-corrected chi connectivity index (χ4v) is 4.11. The van der Waals surface area contributed by atoms with E-state index in [0.29, 0.717) is 20.7 Å². The number of nitrogens with one attached hydrogen (secondary N) is 1. The standard InChI is InChI=1S/C22H21ClN2O2S/c1-13(2)18(15-9-11-17(23)12-10-15)21(27)25-22-24-19(20(28-22)14(3)26)16-7-5-4-6-8-16/h4-13,18H,1-3H3,(H,24,25,27)/t18-/m0/s1. The smallest absolute Gasteiger partial charge is 0.233 e. The van der Waals surface area contributed by atoms with Crippen molar-refractivity contribution < 1.29 is 9.59 Å². The summed E-state index contributed by atoms with van der Waals surface area (Å²) in [6, 6.07) is 16.8. The van der Waals surface area contributed by atoms with E-state index in [-0.39, 0.29) is 23.5 Å². The number of hydrogen-bond acceptors (Lipinski definition) is 4. The Morgan fingerprint density at radius 3 is 2.25 bits per heavy atom. The van der Waals surface area contributed by atoms with E-state index in [1.807, 2.05) is 56.3 Å². The Morgan fingerprint density at radius 2 is 1.68 bits per heavy atom. The third kappa shape index (κ3) is 4.49. The molecule has 1 aromatic heterocycles. The Morgan fingerprint density at radius 1 is 1.04 bits per heavy atom. The van der Waals surface area contributed by atoms with Crippen molar-refractivity contribution in [3.05, 3.63) is 70.1 Å². The molecule has 0 fully saturated rings. The largest absolute Gasteiger partial charge is 0.301 e. The molecule has 0 saturated heterocycles. The van der Waals surface area contributed by atoms with E-state index in [9.17, 15) is 9.59 Å². The highest BCUT2D eigenvalue weighted by molar-refractivity contribution is 7.18. The number of carbonyl (C=O) groups excluding carboxylic acids is 2. The first-order valence-corrected chi connectivity index (χ1v) is 10.2. The monoisotopic (exact) mass is 412 g/mol. The number of thiazole rings is 1. The molecule has 1 heterocycles. The van der Waals surface area contributed by atoms with Crippen LogP contribution in [0.4, 0.5) is 5.13 Å². The molecule has 0 spiro atoms. The Bertz CT molecular complexity index is 982. The highest BCUT2D eigenvalue weighted by Crippen LogP contribution is 2.33. The molecule has 3 aromatic rings. The fourth-order valence-electron chi connectivity index (χ4n) is 3.10. The lowest BCUT2D eigenvalue weighted by Crippen LogP contribution is -2.25. The summed E-state index contributed by atoms with van der Waals surface area (Å²) in [4.78, 5) is 30.2. The van der Waals surface area contributed by atoms with E-state index >= 15 is 0 Å². The van der Waals surface area contributed by atoms with Crippen molar-refractivity contribution in [3.63, 3.8) is 0 Å². The fraction of sp³-hybridized carbons (Fsp3) is 0.227. The molecule has 6 heteroatoms. The molecule has 0 saturated carbocycles. The minimum atomic E-state index is -0.345. The van der Waals surface area contributed by atoms with Gasteiger partial charge in [0.25, 0.3) is 0 Å². The van der Waals surface area contributed by atoms with Gasteiger partial charge in [-0.3, -0.25) is 9.59 Å². The molecule has 0 bridgehead atoms. The number of benzene rings is 2. The van der Waals surface area contributed by atoms with E-state index in [4.69, 9.17) is 11.6 Å². The van der Waals surface area contributed by atoms with Crippen LogP contribution in [0.2, 0.25) is 5.02 Å². The summed E-state index contributed by atoms with van der Waals surface area (Å²) >= 11 is 7.18. The second kappa shape index (κ2) is 8.67. The lowest BCUT2D eigenvalue weighted by atomic mass is 9.88. The van der Waals surface area contributed by atoms with Gasteiger partial charge in [0.1, 0.15) is 0 Å². The van der Waals surface area contributed by atoms with Crippen LogP contribution in [-0.4, -0.2) is 16.7 Å². The third-order valence-corrected chi connectivity index (χ3v) is 5.73. The van der Waals surface area contributed by atoms with Crippen LogP contribution in [0.1, 0.15) is 41.9 Å². The van der Waals surface area contributed by atoms with Crippen LogP contribution in [0.5, 0.6) is 0 Å². The number of amides is 1. The van der Waals surface area contributed by atoms with Crippen LogP contribution < -0.4 is 5.32 Å². The van der Waals surface area contributed by atoms with Crippen LogP contribution in [0.25, 0.3) is 11.3 Å². The van der Waals surface area contributed by atoms with E-state index < -0.39 is 0 Å². The normalized spacial score (nSPS) is 12.0. The Hall–Kier alpha value is -2.50. The Balaban J connectivity index is 1.90.